The summed E-state index contributed by atoms with van der Waals surface area (Å²) in [7, 11) is 0. The lowest BCUT2D eigenvalue weighted by molar-refractivity contribution is 0.568. The van der Waals surface area contributed by atoms with Crippen molar-refractivity contribution in [2.45, 2.75) is 0 Å². The molecule has 0 aliphatic heterocycles. The number of hydrogen-bond acceptors (Lipinski definition) is 6. The number of furan rings is 2. The molecule has 0 aromatic carbocycles. The SMILES string of the molecule is c1cc(-c2nc3sc(-c4ccoc4)nc3s2)co1. The zero-order valence-corrected chi connectivity index (χ0v) is 10.6. The zero-order valence-electron chi connectivity index (χ0n) is 8.99. The Hall–Kier alpha value is -1.92. The summed E-state index contributed by atoms with van der Waals surface area (Å²) in [6.45, 7) is 0. The molecule has 6 heteroatoms. The smallest absolute Gasteiger partial charge is 0.155 e. The third kappa shape index (κ3) is 1.50. The van der Waals surface area contributed by atoms with Crippen LogP contribution in [-0.4, -0.2) is 9.97 Å². The first-order valence-electron chi connectivity index (χ1n) is 5.23. The van der Waals surface area contributed by atoms with Gasteiger partial charge < -0.3 is 8.83 Å². The van der Waals surface area contributed by atoms with Crippen LogP contribution in [0.2, 0.25) is 0 Å². The predicted molar refractivity (Wildman–Crippen MR) is 70.7 cm³/mol. The van der Waals surface area contributed by atoms with E-state index in [9.17, 15) is 0 Å². The molecule has 0 radical (unpaired) electrons. The van der Waals surface area contributed by atoms with Crippen LogP contribution in [0.1, 0.15) is 0 Å². The molecule has 4 aromatic heterocycles. The van der Waals surface area contributed by atoms with Gasteiger partial charge in [0.15, 0.2) is 9.66 Å². The van der Waals surface area contributed by atoms with Crippen molar-refractivity contribution in [3.63, 3.8) is 0 Å². The maximum Gasteiger partial charge on any atom is 0.155 e. The van der Waals surface area contributed by atoms with Gasteiger partial charge in [-0.25, -0.2) is 9.97 Å². The highest BCUT2D eigenvalue weighted by molar-refractivity contribution is 7.29. The van der Waals surface area contributed by atoms with Crippen molar-refractivity contribution >= 4 is 32.3 Å². The molecule has 88 valence electrons. The molecule has 0 atom stereocenters. The van der Waals surface area contributed by atoms with Crippen LogP contribution in [0.15, 0.2) is 46.0 Å². The minimum absolute atomic E-state index is 0.941. The van der Waals surface area contributed by atoms with Gasteiger partial charge in [0.25, 0.3) is 0 Å². The van der Waals surface area contributed by atoms with Crippen molar-refractivity contribution < 1.29 is 8.83 Å². The van der Waals surface area contributed by atoms with E-state index in [2.05, 4.69) is 9.97 Å². The predicted octanol–water partition coefficient (Wildman–Crippen LogP) is 4.27. The van der Waals surface area contributed by atoms with Crippen LogP contribution in [0.4, 0.5) is 0 Å². The fraction of sp³-hybridized carbons (Fsp3) is 0. The molecule has 0 aliphatic rings. The highest BCUT2D eigenvalue weighted by Gasteiger charge is 2.13. The van der Waals surface area contributed by atoms with E-state index in [-0.39, 0.29) is 0 Å². The average Bonchev–Trinajstić information content (AvgIpc) is 3.13. The molecule has 0 spiro atoms. The monoisotopic (exact) mass is 274 g/mol. The largest absolute Gasteiger partial charge is 0.472 e. The lowest BCUT2D eigenvalue weighted by Gasteiger charge is -1.86. The summed E-state index contributed by atoms with van der Waals surface area (Å²) < 4.78 is 10.1. The van der Waals surface area contributed by atoms with Crippen molar-refractivity contribution in [3.8, 4) is 21.1 Å². The van der Waals surface area contributed by atoms with E-state index in [4.69, 9.17) is 8.83 Å². The van der Waals surface area contributed by atoms with Gasteiger partial charge >= 0.3 is 0 Å². The Kier molecular flexibility index (Phi) is 2.12. The maximum atomic E-state index is 5.06. The molecule has 4 rings (SSSR count). The van der Waals surface area contributed by atoms with Crippen LogP contribution in [0.5, 0.6) is 0 Å². The number of rotatable bonds is 2. The first-order chi connectivity index (χ1) is 8.90. The molecule has 0 amide bonds. The summed E-state index contributed by atoms with van der Waals surface area (Å²) in [5, 5.41) is 1.88. The fourth-order valence-corrected chi connectivity index (χ4v) is 3.67. The van der Waals surface area contributed by atoms with Gasteiger partial charge in [-0.1, -0.05) is 22.7 Å². The standard InChI is InChI=1S/C12H6N2O2S2/c1-3-15-5-7(1)9-13-11-12(17-9)14-10(18-11)8-2-4-16-6-8/h1-6H. The van der Waals surface area contributed by atoms with Crippen LogP contribution >= 0.6 is 22.7 Å². The topological polar surface area (TPSA) is 52.1 Å². The lowest BCUT2D eigenvalue weighted by atomic mass is 10.4. The molecule has 18 heavy (non-hydrogen) atoms. The van der Waals surface area contributed by atoms with Crippen LogP contribution < -0.4 is 0 Å². The number of fused-ring (bicyclic) bond motifs is 1. The average molecular weight is 274 g/mol. The molecule has 0 aliphatic carbocycles. The van der Waals surface area contributed by atoms with Crippen LogP contribution in [0.3, 0.4) is 0 Å². The van der Waals surface area contributed by atoms with E-state index < -0.39 is 0 Å². The summed E-state index contributed by atoms with van der Waals surface area (Å²) >= 11 is 3.14. The van der Waals surface area contributed by atoms with Gasteiger partial charge in [-0.2, -0.15) is 0 Å². The second-order valence-corrected chi connectivity index (χ2v) is 5.63. The van der Waals surface area contributed by atoms with Crippen molar-refractivity contribution in [3.05, 3.63) is 37.2 Å². The Labute approximate surface area is 110 Å². The Bertz CT molecular complexity index is 686. The van der Waals surface area contributed by atoms with Crippen LogP contribution in [0, 0.1) is 0 Å². The third-order valence-electron chi connectivity index (χ3n) is 2.51. The van der Waals surface area contributed by atoms with E-state index in [0.29, 0.717) is 0 Å². The van der Waals surface area contributed by atoms with E-state index >= 15 is 0 Å². The van der Waals surface area contributed by atoms with Gasteiger partial charge in [-0.3, -0.25) is 0 Å². The first-order valence-corrected chi connectivity index (χ1v) is 6.86. The fourth-order valence-electron chi connectivity index (χ4n) is 1.66. The molecule has 4 heterocycles. The maximum absolute atomic E-state index is 5.06. The first kappa shape index (κ1) is 10.0. The van der Waals surface area contributed by atoms with Crippen LogP contribution in [0.25, 0.3) is 30.8 Å². The van der Waals surface area contributed by atoms with Gasteiger partial charge in [0.1, 0.15) is 22.5 Å². The summed E-state index contributed by atoms with van der Waals surface area (Å²) in [6, 6.07) is 3.80. The van der Waals surface area contributed by atoms with Gasteiger partial charge in [-0.05, 0) is 12.1 Å². The minimum Gasteiger partial charge on any atom is -0.472 e. The quantitative estimate of drug-likeness (QED) is 0.547. The molecule has 4 nitrogen and oxygen atoms in total. The highest BCUT2D eigenvalue weighted by Crippen LogP contribution is 2.36. The number of thiazole rings is 2. The Balaban J connectivity index is 1.82. The number of hydrogen-bond donors (Lipinski definition) is 0. The normalized spacial score (nSPS) is 11.3. The van der Waals surface area contributed by atoms with E-state index in [1.54, 1.807) is 47.7 Å². The minimum atomic E-state index is 0.941. The van der Waals surface area contributed by atoms with Gasteiger partial charge in [0.05, 0.1) is 12.5 Å². The molecule has 0 fully saturated rings. The molecule has 0 unspecified atom stereocenters. The van der Waals surface area contributed by atoms with Crippen molar-refractivity contribution in [2.75, 3.05) is 0 Å². The molecule has 0 N–H and O–H groups in total. The summed E-state index contributed by atoms with van der Waals surface area (Å²) in [4.78, 5) is 11.0. The molecular weight excluding hydrogens is 268 g/mol. The van der Waals surface area contributed by atoms with Crippen molar-refractivity contribution in [2.24, 2.45) is 0 Å². The van der Waals surface area contributed by atoms with Crippen molar-refractivity contribution in [1.29, 1.82) is 0 Å². The molecule has 0 bridgehead atoms. The number of nitrogens with zero attached hydrogens (tertiary/aromatic N) is 2. The van der Waals surface area contributed by atoms with Gasteiger partial charge in [-0.15, -0.1) is 0 Å². The Morgan fingerprint density at radius 3 is 1.67 bits per heavy atom. The van der Waals surface area contributed by atoms with E-state index in [0.717, 1.165) is 30.8 Å². The van der Waals surface area contributed by atoms with E-state index in [1.807, 2.05) is 12.1 Å². The molecule has 4 aromatic rings. The third-order valence-corrected chi connectivity index (χ3v) is 4.64. The summed E-state index contributed by atoms with van der Waals surface area (Å²) in [5.41, 5.74) is 1.99. The lowest BCUT2D eigenvalue weighted by Crippen LogP contribution is -1.69. The second-order valence-electron chi connectivity index (χ2n) is 3.67. The van der Waals surface area contributed by atoms with E-state index in [1.165, 1.54) is 0 Å². The molecule has 0 saturated carbocycles. The Morgan fingerprint density at radius 2 is 1.28 bits per heavy atom. The molecule has 0 saturated heterocycles. The second kappa shape index (κ2) is 3.79. The molecular formula is C12H6N2O2S2. The number of aromatic nitrogens is 2. The summed E-state index contributed by atoms with van der Waals surface area (Å²) in [6.07, 6.45) is 6.68. The zero-order chi connectivity index (χ0) is 11.9. The Morgan fingerprint density at radius 1 is 0.778 bits per heavy atom. The van der Waals surface area contributed by atoms with Crippen molar-refractivity contribution in [1.82, 2.24) is 9.97 Å². The summed E-state index contributed by atoms with van der Waals surface area (Å²) in [5.74, 6) is 0. The highest BCUT2D eigenvalue weighted by atomic mass is 32.1. The van der Waals surface area contributed by atoms with Gasteiger partial charge in [0.2, 0.25) is 0 Å². The van der Waals surface area contributed by atoms with Gasteiger partial charge in [0, 0.05) is 11.1 Å². The van der Waals surface area contributed by atoms with Crippen LogP contribution in [-0.2, 0) is 0 Å².